The highest BCUT2D eigenvalue weighted by atomic mass is 28.2. The van der Waals surface area contributed by atoms with Crippen molar-refractivity contribution in [2.24, 2.45) is 28.6 Å². The van der Waals surface area contributed by atoms with Crippen LogP contribution in [0.25, 0.3) is 0 Å². The number of aliphatic carboxylic acids is 1. The number of likely N-dealkylation sites (tertiary alicyclic amines) is 1. The van der Waals surface area contributed by atoms with Gasteiger partial charge in [-0.3, -0.25) is 4.79 Å². The van der Waals surface area contributed by atoms with E-state index in [0.29, 0.717) is 24.7 Å². The van der Waals surface area contributed by atoms with E-state index in [0.717, 1.165) is 19.4 Å². The highest BCUT2D eigenvalue weighted by molar-refractivity contribution is 6.26. The molecule has 232 valence electrons. The molecular weight excluding hydrogens is 549 g/mol. The van der Waals surface area contributed by atoms with Crippen LogP contribution in [0.1, 0.15) is 85.6 Å². The lowest BCUT2D eigenvalue weighted by Gasteiger charge is -2.54. The zero-order valence-corrected chi connectivity index (χ0v) is 29.7. The van der Waals surface area contributed by atoms with Crippen molar-refractivity contribution in [1.82, 2.24) is 10.2 Å². The predicted molar refractivity (Wildman–Crippen MR) is 171 cm³/mol. The van der Waals surface area contributed by atoms with Crippen molar-refractivity contribution >= 4 is 31.5 Å². The van der Waals surface area contributed by atoms with Crippen LogP contribution in [0.2, 0.25) is 13.1 Å². The van der Waals surface area contributed by atoms with Crippen molar-refractivity contribution < 1.29 is 23.5 Å². The summed E-state index contributed by atoms with van der Waals surface area (Å²) in [5, 5.41) is 14.0. The Morgan fingerprint density at radius 1 is 1.00 bits per heavy atom. The number of piperidine rings is 1. The van der Waals surface area contributed by atoms with Crippen LogP contribution in [0.5, 0.6) is 0 Å². The first-order valence-corrected chi connectivity index (χ1v) is 19.8. The van der Waals surface area contributed by atoms with Gasteiger partial charge >= 0.3 is 12.0 Å². The maximum atomic E-state index is 14.0. The smallest absolute Gasteiger partial charge is 0.318 e. The lowest BCUT2D eigenvalue weighted by atomic mass is 9.60. The number of carbonyl (C=O) groups is 2. The minimum atomic E-state index is -0.820. The van der Waals surface area contributed by atoms with Crippen LogP contribution in [-0.2, 0) is 20.1 Å². The molecule has 1 aliphatic carbocycles. The molecular formula is C32H56N2O5Si2. The Kier molecular flexibility index (Phi) is 11.7. The fourth-order valence-electron chi connectivity index (χ4n) is 7.37. The number of hydrogen-bond donors (Lipinski definition) is 2. The lowest BCUT2D eigenvalue weighted by molar-refractivity contribution is -0.164. The van der Waals surface area contributed by atoms with Gasteiger partial charge in [0.1, 0.15) is 6.29 Å². The van der Waals surface area contributed by atoms with Crippen LogP contribution >= 0.6 is 0 Å². The molecule has 1 aromatic rings. The van der Waals surface area contributed by atoms with Crippen molar-refractivity contribution in [3.63, 3.8) is 0 Å². The van der Waals surface area contributed by atoms with Crippen LogP contribution in [-0.4, -0.2) is 65.9 Å². The first-order chi connectivity index (χ1) is 19.2. The molecule has 9 heteroatoms. The molecule has 1 aliphatic heterocycles. The average Bonchev–Trinajstić information content (AvgIpc) is 2.90. The number of carboxylic acids is 1. The van der Waals surface area contributed by atoms with Crippen LogP contribution < -0.4 is 5.32 Å². The second kappa shape index (κ2) is 14.2. The molecule has 0 radical (unpaired) electrons. The Morgan fingerprint density at radius 2 is 1.59 bits per heavy atom. The quantitative estimate of drug-likeness (QED) is 0.248. The van der Waals surface area contributed by atoms with Gasteiger partial charge in [0.2, 0.25) is 0 Å². The molecule has 1 heterocycles. The fourth-order valence-corrected chi connectivity index (χ4v) is 9.22. The van der Waals surface area contributed by atoms with Crippen LogP contribution in [0.3, 0.4) is 0 Å². The number of amides is 2. The topological polar surface area (TPSA) is 88.1 Å². The maximum Gasteiger partial charge on any atom is 0.318 e. The van der Waals surface area contributed by atoms with Gasteiger partial charge in [-0.05, 0) is 69.3 Å². The third-order valence-electron chi connectivity index (χ3n) is 9.51. The molecule has 2 fully saturated rings. The summed E-state index contributed by atoms with van der Waals surface area (Å²) in [6, 6.07) is 10.3. The van der Waals surface area contributed by atoms with Gasteiger partial charge in [-0.1, -0.05) is 83.5 Å². The normalized spacial score (nSPS) is 25.2. The van der Waals surface area contributed by atoms with Crippen molar-refractivity contribution in [3.8, 4) is 0 Å². The van der Waals surface area contributed by atoms with Crippen molar-refractivity contribution in [3.05, 3.63) is 35.9 Å². The summed E-state index contributed by atoms with van der Waals surface area (Å²) >= 11 is 0. The van der Waals surface area contributed by atoms with E-state index in [1.807, 2.05) is 52.8 Å². The maximum absolute atomic E-state index is 14.0. The Hall–Kier alpha value is -1.69. The number of benzene rings is 1. The fraction of sp³-hybridized carbons (Fsp3) is 0.750. The lowest BCUT2D eigenvalue weighted by Crippen LogP contribution is -2.62. The summed E-state index contributed by atoms with van der Waals surface area (Å²) in [5.74, 6) is -0.443. The van der Waals surface area contributed by atoms with E-state index < -0.39 is 48.5 Å². The van der Waals surface area contributed by atoms with Crippen LogP contribution in [0.15, 0.2) is 30.3 Å². The molecule has 1 aromatic carbocycles. The molecule has 3 rings (SSSR count). The van der Waals surface area contributed by atoms with Gasteiger partial charge in [-0.2, -0.15) is 0 Å². The summed E-state index contributed by atoms with van der Waals surface area (Å²) in [6.07, 6.45) is 6.34. The monoisotopic (exact) mass is 604 g/mol. The highest BCUT2D eigenvalue weighted by Gasteiger charge is 2.52. The highest BCUT2D eigenvalue weighted by Crippen LogP contribution is 2.50. The van der Waals surface area contributed by atoms with Gasteiger partial charge < -0.3 is 24.2 Å². The second-order valence-electron chi connectivity index (χ2n) is 14.4. The van der Waals surface area contributed by atoms with Crippen molar-refractivity contribution in [2.75, 3.05) is 6.54 Å². The molecule has 2 aliphatic rings. The van der Waals surface area contributed by atoms with Crippen LogP contribution in [0, 0.1) is 28.6 Å². The number of nitrogens with zero attached hydrogens (tertiary/aromatic N) is 1. The minimum absolute atomic E-state index is 0.0320. The number of carbonyl (C=O) groups excluding carboxylic acids is 1. The van der Waals surface area contributed by atoms with E-state index in [9.17, 15) is 14.7 Å². The average molecular weight is 605 g/mol. The number of hydrogen-bond acceptors (Lipinski definition) is 4. The first kappa shape index (κ1) is 33.8. The summed E-state index contributed by atoms with van der Waals surface area (Å²) in [4.78, 5) is 29.2. The Morgan fingerprint density at radius 3 is 2.12 bits per heavy atom. The SMILES string of the molecule is C[SiH2]OC(O[SiH2]C)C(C)(C)C(CC(C)(Cc1ccccc1)[C@@H]1C[C@@H]2CCCC[C@@H]2CN1C(=O)NC(C)(C)C)C(=O)O. The molecule has 2 N–H and O–H groups in total. The Bertz CT molecular complexity index is 996. The third-order valence-corrected chi connectivity index (χ3v) is 10.8. The van der Waals surface area contributed by atoms with Crippen LogP contribution in [0.4, 0.5) is 4.79 Å². The van der Waals surface area contributed by atoms with E-state index in [4.69, 9.17) is 8.85 Å². The first-order valence-electron chi connectivity index (χ1n) is 15.8. The van der Waals surface area contributed by atoms with Gasteiger partial charge in [0.25, 0.3) is 0 Å². The van der Waals surface area contributed by atoms with Gasteiger partial charge in [-0.15, -0.1) is 0 Å². The number of nitrogens with one attached hydrogen (secondary N) is 1. The largest absolute Gasteiger partial charge is 0.481 e. The molecule has 1 saturated carbocycles. The Balaban J connectivity index is 2.09. The third kappa shape index (κ3) is 8.68. The molecule has 41 heavy (non-hydrogen) atoms. The van der Waals surface area contributed by atoms with E-state index in [1.54, 1.807) is 0 Å². The summed E-state index contributed by atoms with van der Waals surface area (Å²) in [5.41, 5.74) is -0.388. The molecule has 0 aromatic heterocycles. The minimum Gasteiger partial charge on any atom is -0.481 e. The van der Waals surface area contributed by atoms with Crippen molar-refractivity contribution in [2.45, 2.75) is 117 Å². The molecule has 1 saturated heterocycles. The zero-order valence-electron chi connectivity index (χ0n) is 26.9. The summed E-state index contributed by atoms with van der Waals surface area (Å²) in [6.45, 7) is 17.2. The summed E-state index contributed by atoms with van der Waals surface area (Å²) < 4.78 is 12.3. The van der Waals surface area contributed by atoms with E-state index in [2.05, 4.69) is 42.4 Å². The second-order valence-corrected chi connectivity index (χ2v) is 16.2. The summed E-state index contributed by atoms with van der Waals surface area (Å²) in [7, 11) is -1.61. The van der Waals surface area contributed by atoms with E-state index >= 15 is 0 Å². The number of carboxylic acid groups (broad SMARTS) is 1. The molecule has 2 unspecified atom stereocenters. The van der Waals surface area contributed by atoms with E-state index in [-0.39, 0.29) is 17.6 Å². The molecule has 2 amide bonds. The standard InChI is InChI=1S/C32H56N2O5Si2/c1-30(2,3)33-29(37)34-21-24-17-13-12-16-23(24)18-26(34)32(6,19-22-14-10-9-11-15-22)20-25(27(35)36)31(4,5)28(38-40-7)39-41-8/h9-11,14-15,23-26,28H,12-13,16-21,40-41H2,1-8H3,(H,33,37)(H,35,36)/t23-,24+,25?,26-,32?/m0/s1. The van der Waals surface area contributed by atoms with Crippen molar-refractivity contribution in [1.29, 1.82) is 0 Å². The Labute approximate surface area is 253 Å². The number of urea groups is 1. The predicted octanol–water partition coefficient (Wildman–Crippen LogP) is 5.36. The molecule has 0 bridgehead atoms. The van der Waals surface area contributed by atoms with E-state index in [1.165, 1.54) is 24.8 Å². The van der Waals surface area contributed by atoms with Gasteiger partial charge in [0, 0.05) is 23.5 Å². The number of rotatable bonds is 12. The molecule has 5 atom stereocenters. The molecule has 0 spiro atoms. The zero-order chi connectivity index (χ0) is 30.4. The van der Waals surface area contributed by atoms with Gasteiger partial charge in [0.15, 0.2) is 19.5 Å². The van der Waals surface area contributed by atoms with Gasteiger partial charge in [0.05, 0.1) is 5.92 Å². The molecule has 7 nitrogen and oxygen atoms in total. The number of fused-ring (bicyclic) bond motifs is 1. The van der Waals surface area contributed by atoms with Gasteiger partial charge in [-0.25, -0.2) is 4.79 Å².